The van der Waals surface area contributed by atoms with Crippen LogP contribution >= 0.6 is 0 Å². The summed E-state index contributed by atoms with van der Waals surface area (Å²) in [4.78, 5) is 33.0. The zero-order valence-corrected chi connectivity index (χ0v) is 22.4. The Morgan fingerprint density at radius 2 is 1.11 bits per heavy atom. The van der Waals surface area contributed by atoms with Crippen LogP contribution in [0.4, 0.5) is 9.59 Å². The maximum atomic E-state index is 12.4. The van der Waals surface area contributed by atoms with E-state index in [-0.39, 0.29) is 12.2 Å². The lowest BCUT2D eigenvalue weighted by atomic mass is 10.1. The van der Waals surface area contributed by atoms with Gasteiger partial charge in [-0.2, -0.15) is 0 Å². The van der Waals surface area contributed by atoms with Crippen molar-refractivity contribution in [1.29, 1.82) is 0 Å². The van der Waals surface area contributed by atoms with E-state index < -0.39 is 5.60 Å². The molecule has 0 spiro atoms. The standard InChI is InChI=1S/C29H40N4O4/c1-29(2,3)37-28(35)33-19-15-31(16-20-33)22-25-11-9-24(10-12-25)21-30-13-17-32(18-14-30)27(34)36-23-26-7-5-4-6-8-26/h4-12H,13-23H2,1-3H3. The summed E-state index contributed by atoms with van der Waals surface area (Å²) in [5, 5.41) is 0. The van der Waals surface area contributed by atoms with Gasteiger partial charge < -0.3 is 19.3 Å². The monoisotopic (exact) mass is 508 g/mol. The molecule has 2 fully saturated rings. The number of nitrogens with zero attached hydrogens (tertiary/aromatic N) is 4. The predicted octanol–water partition coefficient (Wildman–Crippen LogP) is 4.19. The normalized spacial score (nSPS) is 17.5. The Bertz CT molecular complexity index is 1010. The molecule has 0 atom stereocenters. The number of carbonyl (C=O) groups excluding carboxylic acids is 2. The second kappa shape index (κ2) is 12.4. The van der Waals surface area contributed by atoms with E-state index in [0.717, 1.165) is 44.8 Å². The molecule has 0 unspecified atom stereocenters. The third-order valence-electron chi connectivity index (χ3n) is 6.69. The van der Waals surface area contributed by atoms with E-state index in [1.807, 2.05) is 51.1 Å². The highest BCUT2D eigenvalue weighted by molar-refractivity contribution is 5.68. The van der Waals surface area contributed by atoms with Crippen LogP contribution in [0.1, 0.15) is 37.5 Å². The lowest BCUT2D eigenvalue weighted by Gasteiger charge is -2.35. The van der Waals surface area contributed by atoms with Crippen LogP contribution in [0.5, 0.6) is 0 Å². The second-order valence-electron chi connectivity index (χ2n) is 10.9. The molecule has 37 heavy (non-hydrogen) atoms. The minimum atomic E-state index is -0.460. The van der Waals surface area contributed by atoms with E-state index in [1.165, 1.54) is 11.1 Å². The van der Waals surface area contributed by atoms with Gasteiger partial charge in [-0.3, -0.25) is 9.80 Å². The molecular weight excluding hydrogens is 468 g/mol. The molecule has 0 N–H and O–H groups in total. The number of hydrogen-bond acceptors (Lipinski definition) is 6. The zero-order chi connectivity index (χ0) is 26.3. The van der Waals surface area contributed by atoms with Crippen molar-refractivity contribution in [3.8, 4) is 0 Å². The first kappa shape index (κ1) is 26.9. The fraction of sp³-hybridized carbons (Fsp3) is 0.517. The summed E-state index contributed by atoms with van der Waals surface area (Å²) >= 11 is 0. The number of piperazine rings is 2. The molecule has 0 bridgehead atoms. The van der Waals surface area contributed by atoms with E-state index in [1.54, 1.807) is 9.80 Å². The van der Waals surface area contributed by atoms with E-state index in [0.29, 0.717) is 32.8 Å². The van der Waals surface area contributed by atoms with Crippen molar-refractivity contribution in [3.63, 3.8) is 0 Å². The Morgan fingerprint density at radius 3 is 1.57 bits per heavy atom. The van der Waals surface area contributed by atoms with Gasteiger partial charge in [0, 0.05) is 65.4 Å². The highest BCUT2D eigenvalue weighted by Gasteiger charge is 2.26. The van der Waals surface area contributed by atoms with Crippen LogP contribution in [-0.4, -0.2) is 89.7 Å². The molecule has 2 aromatic carbocycles. The smallest absolute Gasteiger partial charge is 0.410 e. The van der Waals surface area contributed by atoms with Crippen molar-refractivity contribution in [2.45, 2.75) is 46.1 Å². The first-order chi connectivity index (χ1) is 17.7. The number of amides is 2. The molecular formula is C29H40N4O4. The van der Waals surface area contributed by atoms with Crippen molar-refractivity contribution in [1.82, 2.24) is 19.6 Å². The molecule has 8 nitrogen and oxygen atoms in total. The summed E-state index contributed by atoms with van der Waals surface area (Å²) in [7, 11) is 0. The molecule has 2 amide bonds. The zero-order valence-electron chi connectivity index (χ0n) is 22.4. The first-order valence-corrected chi connectivity index (χ1v) is 13.2. The fourth-order valence-corrected chi connectivity index (χ4v) is 4.58. The van der Waals surface area contributed by atoms with Gasteiger partial charge in [-0.25, -0.2) is 9.59 Å². The maximum Gasteiger partial charge on any atom is 0.410 e. The summed E-state index contributed by atoms with van der Waals surface area (Å²) in [6.45, 7) is 13.9. The van der Waals surface area contributed by atoms with Gasteiger partial charge in [0.25, 0.3) is 0 Å². The van der Waals surface area contributed by atoms with Crippen LogP contribution in [0.2, 0.25) is 0 Å². The molecule has 200 valence electrons. The summed E-state index contributed by atoms with van der Waals surface area (Å²) in [6, 6.07) is 18.6. The van der Waals surface area contributed by atoms with Crippen molar-refractivity contribution >= 4 is 12.2 Å². The molecule has 0 aromatic heterocycles. The number of benzene rings is 2. The fourth-order valence-electron chi connectivity index (χ4n) is 4.58. The van der Waals surface area contributed by atoms with Gasteiger partial charge in [-0.05, 0) is 37.5 Å². The van der Waals surface area contributed by atoms with Gasteiger partial charge in [0.1, 0.15) is 12.2 Å². The number of hydrogen-bond donors (Lipinski definition) is 0. The van der Waals surface area contributed by atoms with Crippen molar-refractivity contribution in [2.24, 2.45) is 0 Å². The van der Waals surface area contributed by atoms with E-state index in [9.17, 15) is 9.59 Å². The highest BCUT2D eigenvalue weighted by Crippen LogP contribution is 2.15. The number of rotatable bonds is 6. The molecule has 2 saturated heterocycles. The molecule has 0 aliphatic carbocycles. The Labute approximate surface area is 220 Å². The quantitative estimate of drug-likeness (QED) is 0.583. The molecule has 0 saturated carbocycles. The molecule has 8 heteroatoms. The largest absolute Gasteiger partial charge is 0.445 e. The second-order valence-corrected chi connectivity index (χ2v) is 10.9. The third-order valence-corrected chi connectivity index (χ3v) is 6.69. The lowest BCUT2D eigenvalue weighted by molar-refractivity contribution is 0.0139. The van der Waals surface area contributed by atoms with Crippen LogP contribution in [0.25, 0.3) is 0 Å². The first-order valence-electron chi connectivity index (χ1n) is 13.2. The van der Waals surface area contributed by atoms with Crippen LogP contribution in [-0.2, 0) is 29.2 Å². The molecule has 2 aliphatic rings. The summed E-state index contributed by atoms with van der Waals surface area (Å²) in [6.07, 6.45) is -0.457. The van der Waals surface area contributed by atoms with Crippen LogP contribution in [0.3, 0.4) is 0 Å². The van der Waals surface area contributed by atoms with Gasteiger partial charge >= 0.3 is 12.2 Å². The highest BCUT2D eigenvalue weighted by atomic mass is 16.6. The molecule has 4 rings (SSSR count). The number of ether oxygens (including phenoxy) is 2. The lowest BCUT2D eigenvalue weighted by Crippen LogP contribution is -2.49. The Hall–Kier alpha value is -3.10. The van der Waals surface area contributed by atoms with Crippen molar-refractivity contribution in [2.75, 3.05) is 52.4 Å². The van der Waals surface area contributed by atoms with Crippen molar-refractivity contribution in [3.05, 3.63) is 71.3 Å². The summed E-state index contributed by atoms with van der Waals surface area (Å²) in [5.41, 5.74) is 3.10. The van der Waals surface area contributed by atoms with Gasteiger partial charge in [0.2, 0.25) is 0 Å². The average molecular weight is 509 g/mol. The van der Waals surface area contributed by atoms with E-state index in [2.05, 4.69) is 34.1 Å². The maximum absolute atomic E-state index is 12.4. The van der Waals surface area contributed by atoms with Crippen molar-refractivity contribution < 1.29 is 19.1 Å². The van der Waals surface area contributed by atoms with Crippen LogP contribution in [0.15, 0.2) is 54.6 Å². The summed E-state index contributed by atoms with van der Waals surface area (Å²) < 4.78 is 11.0. The van der Waals surface area contributed by atoms with Crippen LogP contribution in [0, 0.1) is 0 Å². The SMILES string of the molecule is CC(C)(C)OC(=O)N1CCN(Cc2ccc(CN3CCN(C(=O)OCc4ccccc4)CC3)cc2)CC1. The average Bonchev–Trinajstić information content (AvgIpc) is 2.89. The predicted molar refractivity (Wildman–Crippen MR) is 143 cm³/mol. The minimum Gasteiger partial charge on any atom is -0.445 e. The number of carbonyl (C=O) groups is 2. The summed E-state index contributed by atoms with van der Waals surface area (Å²) in [5.74, 6) is 0. The van der Waals surface area contributed by atoms with Gasteiger partial charge in [-0.15, -0.1) is 0 Å². The Morgan fingerprint density at radius 1 is 0.649 bits per heavy atom. The molecule has 2 aliphatic heterocycles. The van der Waals surface area contributed by atoms with E-state index >= 15 is 0 Å². The Kier molecular flexibility index (Phi) is 9.05. The molecule has 2 aromatic rings. The molecule has 0 radical (unpaired) electrons. The third kappa shape index (κ3) is 8.47. The van der Waals surface area contributed by atoms with Gasteiger partial charge in [0.15, 0.2) is 0 Å². The van der Waals surface area contributed by atoms with E-state index in [4.69, 9.17) is 9.47 Å². The minimum absolute atomic E-state index is 0.221. The molecule has 2 heterocycles. The van der Waals surface area contributed by atoms with Gasteiger partial charge in [-0.1, -0.05) is 54.6 Å². The van der Waals surface area contributed by atoms with Gasteiger partial charge in [0.05, 0.1) is 0 Å². The Balaban J connectivity index is 1.15. The topological polar surface area (TPSA) is 65.6 Å². The van der Waals surface area contributed by atoms with Crippen LogP contribution < -0.4 is 0 Å².